The lowest BCUT2D eigenvalue weighted by atomic mass is 10.2. The van der Waals surface area contributed by atoms with Crippen molar-refractivity contribution in [2.24, 2.45) is 5.92 Å². The topological polar surface area (TPSA) is 50.4 Å². The molecule has 1 unspecified atom stereocenters. The molecule has 0 saturated heterocycles. The summed E-state index contributed by atoms with van der Waals surface area (Å²) in [6.45, 7) is 11.1. The van der Waals surface area contributed by atoms with Crippen LogP contribution < -0.4 is 10.6 Å². The quantitative estimate of drug-likeness (QED) is 0.584. The zero-order valence-corrected chi connectivity index (χ0v) is 11.0. The highest BCUT2D eigenvalue weighted by Crippen LogP contribution is 1.92. The van der Waals surface area contributed by atoms with E-state index in [1.165, 1.54) is 0 Å². The summed E-state index contributed by atoms with van der Waals surface area (Å²) in [5.74, 6) is 0.451. The minimum Gasteiger partial charge on any atom is -0.367 e. The molecular formula is C12H26N2O2. The van der Waals surface area contributed by atoms with Crippen molar-refractivity contribution >= 4 is 5.91 Å². The van der Waals surface area contributed by atoms with E-state index in [-0.39, 0.29) is 12.0 Å². The largest absolute Gasteiger partial charge is 0.367 e. The molecule has 4 nitrogen and oxygen atoms in total. The summed E-state index contributed by atoms with van der Waals surface area (Å²) in [5, 5.41) is 6.07. The first-order valence-electron chi connectivity index (χ1n) is 6.18. The molecule has 4 heteroatoms. The van der Waals surface area contributed by atoms with Gasteiger partial charge in [-0.1, -0.05) is 20.8 Å². The zero-order valence-electron chi connectivity index (χ0n) is 11.0. The Balaban J connectivity index is 3.47. The summed E-state index contributed by atoms with van der Waals surface area (Å²) in [4.78, 5) is 11.5. The molecule has 0 rings (SSSR count). The third kappa shape index (κ3) is 8.68. The molecule has 0 saturated carbocycles. The van der Waals surface area contributed by atoms with E-state index in [2.05, 4.69) is 31.4 Å². The van der Waals surface area contributed by atoms with Crippen LogP contribution in [-0.2, 0) is 9.53 Å². The number of hydrogen-bond acceptors (Lipinski definition) is 3. The van der Waals surface area contributed by atoms with Gasteiger partial charge in [0.2, 0.25) is 5.91 Å². The van der Waals surface area contributed by atoms with E-state index in [9.17, 15) is 4.79 Å². The lowest BCUT2D eigenvalue weighted by Gasteiger charge is -2.14. The molecule has 0 fully saturated rings. The minimum atomic E-state index is -0.359. The van der Waals surface area contributed by atoms with Crippen molar-refractivity contribution in [3.8, 4) is 0 Å². The van der Waals surface area contributed by atoms with Crippen LogP contribution >= 0.6 is 0 Å². The molecule has 0 aliphatic rings. The van der Waals surface area contributed by atoms with Gasteiger partial charge in [-0.2, -0.15) is 0 Å². The summed E-state index contributed by atoms with van der Waals surface area (Å²) in [7, 11) is 0. The average Bonchev–Trinajstić information content (AvgIpc) is 2.25. The first-order chi connectivity index (χ1) is 7.57. The normalized spacial score (nSPS) is 12.8. The van der Waals surface area contributed by atoms with E-state index in [0.717, 1.165) is 19.5 Å². The highest BCUT2D eigenvalue weighted by Gasteiger charge is 2.12. The van der Waals surface area contributed by atoms with Gasteiger partial charge in [-0.25, -0.2) is 0 Å². The van der Waals surface area contributed by atoms with Crippen molar-refractivity contribution < 1.29 is 9.53 Å². The first-order valence-corrected chi connectivity index (χ1v) is 6.18. The van der Waals surface area contributed by atoms with E-state index in [0.29, 0.717) is 19.1 Å². The van der Waals surface area contributed by atoms with Crippen molar-refractivity contribution in [3.05, 3.63) is 0 Å². The van der Waals surface area contributed by atoms with Crippen LogP contribution in [0.15, 0.2) is 0 Å². The SMILES string of the molecule is CCCNCCOC(C)C(=O)NCC(C)C. The fourth-order valence-electron chi connectivity index (χ4n) is 1.13. The van der Waals surface area contributed by atoms with E-state index >= 15 is 0 Å². The third-order valence-corrected chi connectivity index (χ3v) is 2.13. The number of hydrogen-bond donors (Lipinski definition) is 2. The molecule has 0 radical (unpaired) electrons. The molecule has 16 heavy (non-hydrogen) atoms. The molecule has 0 spiro atoms. The molecule has 1 amide bonds. The molecule has 0 aromatic carbocycles. The van der Waals surface area contributed by atoms with Crippen LogP contribution in [0.1, 0.15) is 34.1 Å². The number of amides is 1. The molecule has 0 aromatic heterocycles. The maximum atomic E-state index is 11.5. The lowest BCUT2D eigenvalue weighted by Crippen LogP contribution is -2.37. The number of carbonyl (C=O) groups excluding carboxylic acids is 1. The van der Waals surface area contributed by atoms with E-state index in [1.807, 2.05) is 0 Å². The van der Waals surface area contributed by atoms with Crippen LogP contribution in [0.2, 0.25) is 0 Å². The maximum absolute atomic E-state index is 11.5. The predicted molar refractivity (Wildman–Crippen MR) is 66.4 cm³/mol. The van der Waals surface area contributed by atoms with Gasteiger partial charge in [0.1, 0.15) is 6.10 Å². The zero-order chi connectivity index (χ0) is 12.4. The smallest absolute Gasteiger partial charge is 0.248 e. The fraction of sp³-hybridized carbons (Fsp3) is 0.917. The van der Waals surface area contributed by atoms with E-state index in [4.69, 9.17) is 4.74 Å². The molecule has 1 atom stereocenters. The predicted octanol–water partition coefficient (Wildman–Crippen LogP) is 1.16. The Hall–Kier alpha value is -0.610. The van der Waals surface area contributed by atoms with Crippen LogP contribution in [0.4, 0.5) is 0 Å². The van der Waals surface area contributed by atoms with Crippen molar-refractivity contribution in [2.45, 2.75) is 40.2 Å². The van der Waals surface area contributed by atoms with Crippen LogP contribution in [0.3, 0.4) is 0 Å². The highest BCUT2D eigenvalue weighted by atomic mass is 16.5. The second-order valence-electron chi connectivity index (χ2n) is 4.40. The van der Waals surface area contributed by atoms with Gasteiger partial charge in [-0.15, -0.1) is 0 Å². The van der Waals surface area contributed by atoms with Crippen LogP contribution in [0.5, 0.6) is 0 Å². The summed E-state index contributed by atoms with van der Waals surface area (Å²) >= 11 is 0. The Labute approximate surface area is 99.1 Å². The Kier molecular flexibility index (Phi) is 9.24. The van der Waals surface area contributed by atoms with E-state index in [1.54, 1.807) is 6.92 Å². The van der Waals surface area contributed by atoms with Crippen molar-refractivity contribution in [3.63, 3.8) is 0 Å². The molecule has 0 aliphatic heterocycles. The Morgan fingerprint density at radius 2 is 1.94 bits per heavy atom. The molecule has 2 N–H and O–H groups in total. The van der Waals surface area contributed by atoms with Gasteiger partial charge in [0.15, 0.2) is 0 Å². The van der Waals surface area contributed by atoms with Crippen LogP contribution in [0, 0.1) is 5.92 Å². The second-order valence-corrected chi connectivity index (χ2v) is 4.40. The highest BCUT2D eigenvalue weighted by molar-refractivity contribution is 5.80. The van der Waals surface area contributed by atoms with Gasteiger partial charge in [-0.3, -0.25) is 4.79 Å². The molecule has 0 aromatic rings. The van der Waals surface area contributed by atoms with Crippen molar-refractivity contribution in [1.82, 2.24) is 10.6 Å². The van der Waals surface area contributed by atoms with Gasteiger partial charge in [0.05, 0.1) is 6.61 Å². The molecule has 96 valence electrons. The summed E-state index contributed by atoms with van der Waals surface area (Å²) in [5.41, 5.74) is 0. The Morgan fingerprint density at radius 3 is 2.50 bits per heavy atom. The van der Waals surface area contributed by atoms with Gasteiger partial charge in [-0.05, 0) is 25.8 Å². The van der Waals surface area contributed by atoms with E-state index < -0.39 is 0 Å². The molecule has 0 heterocycles. The maximum Gasteiger partial charge on any atom is 0.248 e. The van der Waals surface area contributed by atoms with Crippen molar-refractivity contribution in [2.75, 3.05) is 26.2 Å². The van der Waals surface area contributed by atoms with Gasteiger partial charge in [0.25, 0.3) is 0 Å². The number of ether oxygens (including phenoxy) is 1. The number of carbonyl (C=O) groups is 1. The Morgan fingerprint density at radius 1 is 1.25 bits per heavy atom. The molecule has 0 bridgehead atoms. The number of rotatable bonds is 9. The monoisotopic (exact) mass is 230 g/mol. The third-order valence-electron chi connectivity index (χ3n) is 2.13. The van der Waals surface area contributed by atoms with Gasteiger partial charge in [0, 0.05) is 13.1 Å². The summed E-state index contributed by atoms with van der Waals surface area (Å²) in [6.07, 6.45) is 0.756. The fourth-order valence-corrected chi connectivity index (χ4v) is 1.13. The average molecular weight is 230 g/mol. The summed E-state index contributed by atoms with van der Waals surface area (Å²) in [6, 6.07) is 0. The van der Waals surface area contributed by atoms with Crippen LogP contribution in [-0.4, -0.2) is 38.3 Å². The Bertz CT molecular complexity index is 184. The lowest BCUT2D eigenvalue weighted by molar-refractivity contribution is -0.131. The van der Waals surface area contributed by atoms with Crippen LogP contribution in [0.25, 0.3) is 0 Å². The second kappa shape index (κ2) is 9.60. The standard InChI is InChI=1S/C12H26N2O2/c1-5-6-13-7-8-16-11(4)12(15)14-9-10(2)3/h10-11,13H,5-9H2,1-4H3,(H,14,15). The first kappa shape index (κ1) is 15.4. The van der Waals surface area contributed by atoms with Gasteiger partial charge < -0.3 is 15.4 Å². The van der Waals surface area contributed by atoms with Gasteiger partial charge >= 0.3 is 0 Å². The minimum absolute atomic E-state index is 0.0239. The molecular weight excluding hydrogens is 204 g/mol. The molecule has 0 aliphatic carbocycles. The summed E-state index contributed by atoms with van der Waals surface area (Å²) < 4.78 is 5.41. The van der Waals surface area contributed by atoms with Crippen molar-refractivity contribution in [1.29, 1.82) is 0 Å². The number of nitrogens with one attached hydrogen (secondary N) is 2.